The van der Waals surface area contributed by atoms with Gasteiger partial charge in [-0.15, -0.1) is 4.52 Å². The van der Waals surface area contributed by atoms with Crippen molar-refractivity contribution in [2.24, 2.45) is 0 Å². The van der Waals surface area contributed by atoms with Crippen LogP contribution >= 0.6 is 11.6 Å². The molecular weight excluding hydrogens is 496 g/mol. The van der Waals surface area contributed by atoms with Crippen LogP contribution in [-0.2, 0) is 4.74 Å². The van der Waals surface area contributed by atoms with Gasteiger partial charge in [0.25, 0.3) is 17.4 Å². The van der Waals surface area contributed by atoms with Crippen molar-refractivity contribution in [2.45, 2.75) is 18.9 Å². The van der Waals surface area contributed by atoms with E-state index >= 15 is 0 Å². The number of ether oxygens (including phenoxy) is 1. The Labute approximate surface area is 219 Å². The van der Waals surface area contributed by atoms with Gasteiger partial charge in [-0.2, -0.15) is 10.2 Å². The number of imidazole rings is 1. The molecule has 0 atom stereocenters. The number of aromatic nitrogens is 4. The first-order chi connectivity index (χ1) is 18.0. The average molecular weight is 523 g/mol. The highest BCUT2D eigenvalue weighted by molar-refractivity contribution is 6.36. The number of aliphatic hydroxyl groups is 1. The Morgan fingerprint density at radius 1 is 1.30 bits per heavy atom. The Kier molecular flexibility index (Phi) is 7.00. The molecule has 1 aromatic carbocycles. The molecule has 5 rings (SSSR count). The Bertz CT molecular complexity index is 1380. The van der Waals surface area contributed by atoms with Crippen LogP contribution in [0.3, 0.4) is 0 Å². The van der Waals surface area contributed by atoms with Crippen molar-refractivity contribution in [2.75, 3.05) is 68.1 Å². The lowest BCUT2D eigenvalue weighted by Gasteiger charge is -2.52. The van der Waals surface area contributed by atoms with Crippen molar-refractivity contribution in [1.29, 1.82) is 5.26 Å². The highest BCUT2D eigenvalue weighted by atomic mass is 35.5. The number of nitrogens with one attached hydrogen (secondary N) is 2. The van der Waals surface area contributed by atoms with Crippen molar-refractivity contribution in [1.82, 2.24) is 24.5 Å². The van der Waals surface area contributed by atoms with Gasteiger partial charge in [0.1, 0.15) is 0 Å². The quantitative estimate of drug-likeness (QED) is 0.379. The molecule has 3 N–H and O–H groups in total. The number of nitrogens with zero attached hydrogens (tertiary/aromatic N) is 8. The minimum atomic E-state index is -0.0937. The van der Waals surface area contributed by atoms with E-state index in [2.05, 4.69) is 46.4 Å². The number of fused-ring (bicyclic) bond motifs is 1. The first-order valence-electron chi connectivity index (χ1n) is 12.1. The monoisotopic (exact) mass is 522 g/mol. The Morgan fingerprint density at radius 3 is 2.70 bits per heavy atom. The van der Waals surface area contributed by atoms with Gasteiger partial charge in [-0.1, -0.05) is 23.3 Å². The van der Waals surface area contributed by atoms with Gasteiger partial charge >= 0.3 is 0 Å². The molecule has 37 heavy (non-hydrogen) atoms. The molecule has 2 fully saturated rings. The zero-order valence-electron chi connectivity index (χ0n) is 20.4. The lowest BCUT2D eigenvalue weighted by Crippen LogP contribution is -2.66. The van der Waals surface area contributed by atoms with Crippen LogP contribution < -0.4 is 15.5 Å². The van der Waals surface area contributed by atoms with Crippen LogP contribution in [0.1, 0.15) is 18.9 Å². The molecule has 12 nitrogen and oxygen atoms in total. The van der Waals surface area contributed by atoms with E-state index in [0.717, 1.165) is 31.9 Å². The highest BCUT2D eigenvalue weighted by Crippen LogP contribution is 2.38. The number of nitriles is 1. The van der Waals surface area contributed by atoms with E-state index < -0.39 is 0 Å². The molecule has 0 bridgehead atoms. The van der Waals surface area contributed by atoms with E-state index in [1.807, 2.05) is 6.92 Å². The van der Waals surface area contributed by atoms with E-state index in [-0.39, 0.29) is 23.9 Å². The molecule has 0 radical (unpaired) electrons. The predicted octanol–water partition coefficient (Wildman–Crippen LogP) is 2.65. The summed E-state index contributed by atoms with van der Waals surface area (Å²) in [5, 5.41) is 30.4. The predicted molar refractivity (Wildman–Crippen MR) is 140 cm³/mol. The van der Waals surface area contributed by atoms with Gasteiger partial charge in [-0.3, -0.25) is 4.90 Å². The standard InChI is InChI=1S/C24H27ClN10O2/c1-3-28-21-22-29-13-19(27-2)35(22)32-23(31-21)30-17-10-16(12-26)11-18(20(17)25)33-5-7-34(8-6-33)24(4-9-36)14-37-15-24/h10-11,13,36H,3-9,14-15H2,1H3,(H2,28,30,31,32). The van der Waals surface area contributed by atoms with E-state index in [9.17, 15) is 10.4 Å². The molecule has 0 unspecified atom stereocenters. The smallest absolute Gasteiger partial charge is 0.275 e. The molecule has 192 valence electrons. The van der Waals surface area contributed by atoms with Crippen molar-refractivity contribution in [3.05, 3.63) is 40.3 Å². The van der Waals surface area contributed by atoms with Crippen LogP contribution in [-0.4, -0.2) is 87.7 Å². The fraction of sp³-hybridized carbons (Fsp3) is 0.458. The van der Waals surface area contributed by atoms with Crippen LogP contribution in [0.15, 0.2) is 18.3 Å². The van der Waals surface area contributed by atoms with Gasteiger partial charge in [-0.05, 0) is 25.5 Å². The van der Waals surface area contributed by atoms with Crippen molar-refractivity contribution in [3.63, 3.8) is 0 Å². The molecule has 0 aliphatic carbocycles. The first kappa shape index (κ1) is 25.0. The van der Waals surface area contributed by atoms with Gasteiger partial charge in [0.05, 0.1) is 53.0 Å². The topological polar surface area (TPSA) is 131 Å². The third-order valence-electron chi connectivity index (χ3n) is 6.84. The molecule has 0 saturated carbocycles. The van der Waals surface area contributed by atoms with Crippen LogP contribution in [0, 0.1) is 17.9 Å². The summed E-state index contributed by atoms with van der Waals surface area (Å²) in [4.78, 5) is 16.8. The average Bonchev–Trinajstić information content (AvgIpc) is 3.31. The minimum absolute atomic E-state index is 0.0937. The van der Waals surface area contributed by atoms with E-state index in [4.69, 9.17) is 22.9 Å². The maximum atomic E-state index is 9.71. The fourth-order valence-corrected chi connectivity index (χ4v) is 5.13. The number of benzene rings is 1. The van der Waals surface area contributed by atoms with Crippen LogP contribution in [0.2, 0.25) is 5.02 Å². The second-order valence-electron chi connectivity index (χ2n) is 9.04. The van der Waals surface area contributed by atoms with Crippen LogP contribution in [0.5, 0.6) is 0 Å². The second kappa shape index (κ2) is 10.4. The van der Waals surface area contributed by atoms with Crippen LogP contribution in [0.25, 0.3) is 10.5 Å². The third kappa shape index (κ3) is 4.61. The molecule has 2 aliphatic heterocycles. The molecule has 2 saturated heterocycles. The van der Waals surface area contributed by atoms with Crippen molar-refractivity contribution < 1.29 is 9.84 Å². The van der Waals surface area contributed by atoms with Crippen LogP contribution in [0.4, 0.5) is 29.0 Å². The van der Waals surface area contributed by atoms with E-state index in [1.54, 1.807) is 12.1 Å². The third-order valence-corrected chi connectivity index (χ3v) is 7.24. The lowest BCUT2D eigenvalue weighted by molar-refractivity contribution is -0.150. The lowest BCUT2D eigenvalue weighted by atomic mass is 9.90. The van der Waals surface area contributed by atoms with Gasteiger partial charge < -0.3 is 30.2 Å². The maximum absolute atomic E-state index is 9.71. The highest BCUT2D eigenvalue weighted by Gasteiger charge is 2.44. The zero-order valence-corrected chi connectivity index (χ0v) is 21.2. The Morgan fingerprint density at radius 2 is 2.08 bits per heavy atom. The summed E-state index contributed by atoms with van der Waals surface area (Å²) in [5.74, 6) is 0.955. The number of hydrogen-bond acceptors (Lipinski definition) is 10. The van der Waals surface area contributed by atoms with Crippen molar-refractivity contribution >= 4 is 46.2 Å². The molecule has 0 amide bonds. The summed E-state index contributed by atoms with van der Waals surface area (Å²) >= 11 is 6.87. The molecule has 4 heterocycles. The Balaban J connectivity index is 1.42. The van der Waals surface area contributed by atoms with Gasteiger partial charge in [0, 0.05) is 39.3 Å². The summed E-state index contributed by atoms with van der Waals surface area (Å²) in [6.07, 6.45) is 2.14. The van der Waals surface area contributed by atoms with E-state index in [1.165, 1.54) is 10.7 Å². The molecule has 13 heteroatoms. The molecule has 3 aromatic rings. The first-order valence-corrected chi connectivity index (χ1v) is 12.5. The molecular formula is C24H27ClN10O2. The number of anilines is 4. The number of halogens is 1. The number of rotatable bonds is 8. The zero-order chi connectivity index (χ0) is 26.0. The number of aliphatic hydroxyl groups excluding tert-OH is 1. The number of piperazine rings is 1. The van der Waals surface area contributed by atoms with Gasteiger partial charge in [0.15, 0.2) is 5.82 Å². The SMILES string of the molecule is [C-]#[N+]c1cnc2c(NCC)nc(Nc3cc(C#N)cc(N4CCN(C5(CCO)COC5)CC4)c3Cl)nn12. The summed E-state index contributed by atoms with van der Waals surface area (Å²) in [6.45, 7) is 14.4. The molecule has 2 aromatic heterocycles. The summed E-state index contributed by atoms with van der Waals surface area (Å²) in [7, 11) is 0. The molecule has 2 aliphatic rings. The van der Waals surface area contributed by atoms with E-state index in [0.29, 0.717) is 53.9 Å². The summed E-state index contributed by atoms with van der Waals surface area (Å²) in [6, 6.07) is 5.67. The van der Waals surface area contributed by atoms with Crippen molar-refractivity contribution in [3.8, 4) is 6.07 Å². The van der Waals surface area contributed by atoms with Gasteiger partial charge in [0.2, 0.25) is 0 Å². The number of hydrogen-bond donors (Lipinski definition) is 3. The Hall–Kier alpha value is -3.68. The normalized spacial score (nSPS) is 17.2. The fourth-order valence-electron chi connectivity index (χ4n) is 4.85. The second-order valence-corrected chi connectivity index (χ2v) is 9.41. The van der Waals surface area contributed by atoms with Gasteiger partial charge in [-0.25, -0.2) is 4.98 Å². The largest absolute Gasteiger partial charge is 0.396 e. The molecule has 0 spiro atoms. The minimum Gasteiger partial charge on any atom is -0.396 e. The summed E-state index contributed by atoms with van der Waals surface area (Å²) < 4.78 is 6.89. The maximum Gasteiger partial charge on any atom is 0.275 e. The summed E-state index contributed by atoms with van der Waals surface area (Å²) in [5.41, 5.74) is 2.05.